The van der Waals surface area contributed by atoms with Gasteiger partial charge >= 0.3 is 0 Å². The average molecular weight is 308 g/mol. The highest BCUT2D eigenvalue weighted by Gasteiger charge is 2.18. The van der Waals surface area contributed by atoms with Crippen molar-refractivity contribution in [2.75, 3.05) is 13.6 Å². The van der Waals surface area contributed by atoms with Crippen molar-refractivity contribution < 1.29 is 4.79 Å². The van der Waals surface area contributed by atoms with Gasteiger partial charge in [-0.05, 0) is 23.4 Å². The molecule has 3 rings (SSSR count). The van der Waals surface area contributed by atoms with Crippen molar-refractivity contribution in [1.82, 2.24) is 30.5 Å². The highest BCUT2D eigenvalue weighted by Crippen LogP contribution is 2.20. The second kappa shape index (κ2) is 6.78. The van der Waals surface area contributed by atoms with Crippen LogP contribution in [0, 0.1) is 0 Å². The largest absolute Gasteiger partial charge is 0.341 e. The monoisotopic (exact) mass is 308 g/mol. The Morgan fingerprint density at radius 1 is 1.17 bits per heavy atom. The average Bonchev–Trinajstić information content (AvgIpc) is 3.14. The third-order valence-corrected chi connectivity index (χ3v) is 3.52. The molecule has 2 heterocycles. The molecule has 0 atom stereocenters. The molecule has 0 aliphatic heterocycles. The predicted octanol–water partition coefficient (Wildman–Crippen LogP) is 1.58. The van der Waals surface area contributed by atoms with Crippen LogP contribution in [-0.2, 0) is 6.42 Å². The first-order valence-electron chi connectivity index (χ1n) is 7.24. The quantitative estimate of drug-likeness (QED) is 0.773. The van der Waals surface area contributed by atoms with Crippen LogP contribution in [0.3, 0.4) is 0 Å². The van der Waals surface area contributed by atoms with Crippen LogP contribution in [0.25, 0.3) is 11.4 Å². The number of carbonyl (C=O) groups is 1. The molecular weight excluding hydrogens is 292 g/mol. The lowest BCUT2D eigenvalue weighted by Gasteiger charge is -2.18. The number of aromatic amines is 1. The van der Waals surface area contributed by atoms with Crippen molar-refractivity contribution in [3.8, 4) is 11.4 Å². The fourth-order valence-electron chi connectivity index (χ4n) is 2.28. The maximum Gasteiger partial charge on any atom is 0.254 e. The number of H-pyrrole nitrogens is 1. The molecule has 1 N–H and O–H groups in total. The van der Waals surface area contributed by atoms with Gasteiger partial charge in [0.2, 0.25) is 5.82 Å². The molecule has 0 spiro atoms. The Labute approximate surface area is 133 Å². The zero-order chi connectivity index (χ0) is 16.1. The van der Waals surface area contributed by atoms with E-state index in [1.807, 2.05) is 36.4 Å². The van der Waals surface area contributed by atoms with Crippen LogP contribution in [0.1, 0.15) is 16.1 Å². The Morgan fingerprint density at radius 2 is 2.00 bits per heavy atom. The topological polar surface area (TPSA) is 87.7 Å². The lowest BCUT2D eigenvalue weighted by molar-refractivity contribution is 0.0797. The summed E-state index contributed by atoms with van der Waals surface area (Å²) >= 11 is 0. The van der Waals surface area contributed by atoms with Crippen molar-refractivity contribution in [3.05, 3.63) is 59.9 Å². The van der Waals surface area contributed by atoms with Gasteiger partial charge in [-0.1, -0.05) is 24.3 Å². The predicted molar refractivity (Wildman–Crippen MR) is 84.5 cm³/mol. The van der Waals surface area contributed by atoms with E-state index in [0.29, 0.717) is 29.9 Å². The van der Waals surface area contributed by atoms with E-state index in [2.05, 4.69) is 25.6 Å². The van der Waals surface area contributed by atoms with Crippen LogP contribution < -0.4 is 0 Å². The van der Waals surface area contributed by atoms with Crippen molar-refractivity contribution in [1.29, 1.82) is 0 Å². The maximum atomic E-state index is 12.7. The molecule has 3 aromatic rings. The van der Waals surface area contributed by atoms with E-state index in [9.17, 15) is 4.79 Å². The highest BCUT2D eigenvalue weighted by molar-refractivity contribution is 5.99. The van der Waals surface area contributed by atoms with Gasteiger partial charge in [-0.2, -0.15) is 5.21 Å². The van der Waals surface area contributed by atoms with Crippen molar-refractivity contribution in [2.45, 2.75) is 6.42 Å². The Kier molecular flexibility index (Phi) is 4.37. The molecule has 0 aliphatic rings. The minimum absolute atomic E-state index is 0.0821. The third kappa shape index (κ3) is 3.39. The molecule has 0 saturated heterocycles. The van der Waals surface area contributed by atoms with Crippen molar-refractivity contribution in [3.63, 3.8) is 0 Å². The molecule has 0 unspecified atom stereocenters. The number of nitrogens with zero attached hydrogens (tertiary/aromatic N) is 5. The number of carbonyl (C=O) groups excluding carboxylic acids is 1. The lowest BCUT2D eigenvalue weighted by atomic mass is 10.1. The lowest BCUT2D eigenvalue weighted by Crippen LogP contribution is -2.29. The molecule has 116 valence electrons. The van der Waals surface area contributed by atoms with Crippen molar-refractivity contribution in [2.24, 2.45) is 0 Å². The summed E-state index contributed by atoms with van der Waals surface area (Å²) in [5.74, 6) is 0.327. The zero-order valence-electron chi connectivity index (χ0n) is 12.7. The van der Waals surface area contributed by atoms with E-state index in [-0.39, 0.29) is 5.91 Å². The highest BCUT2D eigenvalue weighted by atomic mass is 16.2. The summed E-state index contributed by atoms with van der Waals surface area (Å²) in [6.45, 7) is 0.580. The summed E-state index contributed by atoms with van der Waals surface area (Å²) in [4.78, 5) is 18.6. The minimum Gasteiger partial charge on any atom is -0.341 e. The fraction of sp³-hybridized carbons (Fsp3) is 0.188. The Balaban J connectivity index is 1.75. The first-order chi connectivity index (χ1) is 11.3. The van der Waals surface area contributed by atoms with E-state index < -0.39 is 0 Å². The van der Waals surface area contributed by atoms with E-state index in [4.69, 9.17) is 0 Å². The van der Waals surface area contributed by atoms with Crippen LogP contribution >= 0.6 is 0 Å². The number of benzene rings is 1. The normalized spacial score (nSPS) is 10.5. The molecule has 23 heavy (non-hydrogen) atoms. The molecule has 7 nitrogen and oxygen atoms in total. The molecule has 0 fully saturated rings. The molecule has 0 saturated carbocycles. The molecule has 0 radical (unpaired) electrons. The molecule has 2 aromatic heterocycles. The molecular formula is C16H16N6O. The fourth-order valence-corrected chi connectivity index (χ4v) is 2.28. The summed E-state index contributed by atoms with van der Waals surface area (Å²) in [5.41, 5.74) is 2.17. The molecule has 0 bridgehead atoms. The number of rotatable bonds is 5. The summed E-state index contributed by atoms with van der Waals surface area (Å²) < 4.78 is 0. The van der Waals surface area contributed by atoms with E-state index in [0.717, 1.165) is 5.69 Å². The molecule has 7 heteroatoms. The van der Waals surface area contributed by atoms with Gasteiger partial charge in [0, 0.05) is 37.5 Å². The van der Waals surface area contributed by atoms with Gasteiger partial charge in [0.15, 0.2) is 0 Å². The Hall–Kier alpha value is -3.09. The van der Waals surface area contributed by atoms with Gasteiger partial charge in [0.05, 0.1) is 5.56 Å². The number of pyridine rings is 1. The van der Waals surface area contributed by atoms with Crippen LogP contribution in [-0.4, -0.2) is 50.0 Å². The summed E-state index contributed by atoms with van der Waals surface area (Å²) in [7, 11) is 1.78. The number of aromatic nitrogens is 5. The number of amides is 1. The standard InChI is InChI=1S/C16H16N6O/c1-22(11-9-12-6-4-5-10-17-12)16(23)14-8-3-2-7-13(14)15-18-20-21-19-15/h2-8,10H,9,11H2,1H3,(H,18,19,20,21). The van der Waals surface area contributed by atoms with Gasteiger partial charge in [-0.25, -0.2) is 0 Å². The van der Waals surface area contributed by atoms with Crippen molar-refractivity contribution >= 4 is 5.91 Å². The third-order valence-electron chi connectivity index (χ3n) is 3.52. The molecule has 1 amide bonds. The summed E-state index contributed by atoms with van der Waals surface area (Å²) in [6.07, 6.45) is 2.45. The van der Waals surface area contributed by atoms with Gasteiger partial charge in [0.25, 0.3) is 5.91 Å². The van der Waals surface area contributed by atoms with E-state index in [1.165, 1.54) is 0 Å². The first kappa shape index (κ1) is 14.8. The Bertz CT molecular complexity index is 772. The zero-order valence-corrected chi connectivity index (χ0v) is 12.7. The van der Waals surface area contributed by atoms with Gasteiger partial charge in [0.1, 0.15) is 0 Å². The summed E-state index contributed by atoms with van der Waals surface area (Å²) in [6, 6.07) is 13.0. The number of tetrazole rings is 1. The Morgan fingerprint density at radius 3 is 2.74 bits per heavy atom. The first-order valence-corrected chi connectivity index (χ1v) is 7.24. The molecule has 1 aromatic carbocycles. The second-order valence-corrected chi connectivity index (χ2v) is 5.08. The smallest absolute Gasteiger partial charge is 0.254 e. The maximum absolute atomic E-state index is 12.7. The van der Waals surface area contributed by atoms with Crippen LogP contribution in [0.2, 0.25) is 0 Å². The van der Waals surface area contributed by atoms with Gasteiger partial charge in [-0.15, -0.1) is 10.2 Å². The SMILES string of the molecule is CN(CCc1ccccn1)C(=O)c1ccccc1-c1nn[nH]n1. The minimum atomic E-state index is -0.0821. The molecule has 0 aliphatic carbocycles. The van der Waals surface area contributed by atoms with Gasteiger partial charge < -0.3 is 4.90 Å². The summed E-state index contributed by atoms with van der Waals surface area (Å²) in [5, 5.41) is 13.9. The van der Waals surface area contributed by atoms with Crippen LogP contribution in [0.15, 0.2) is 48.7 Å². The van der Waals surface area contributed by atoms with E-state index >= 15 is 0 Å². The number of nitrogens with one attached hydrogen (secondary N) is 1. The van der Waals surface area contributed by atoms with Crippen LogP contribution in [0.4, 0.5) is 0 Å². The number of likely N-dealkylation sites (N-methyl/N-ethyl adjacent to an activating group) is 1. The van der Waals surface area contributed by atoms with Gasteiger partial charge in [-0.3, -0.25) is 9.78 Å². The second-order valence-electron chi connectivity index (χ2n) is 5.08. The number of hydrogen-bond donors (Lipinski definition) is 1. The van der Waals surface area contributed by atoms with Crippen LogP contribution in [0.5, 0.6) is 0 Å². The van der Waals surface area contributed by atoms with E-state index in [1.54, 1.807) is 24.2 Å². The number of hydrogen-bond acceptors (Lipinski definition) is 5.